The van der Waals surface area contributed by atoms with Crippen molar-refractivity contribution in [2.75, 3.05) is 26.3 Å². The summed E-state index contributed by atoms with van der Waals surface area (Å²) in [5.41, 5.74) is 0.869. The van der Waals surface area contributed by atoms with E-state index in [1.54, 1.807) is 6.07 Å². The Labute approximate surface area is 104 Å². The van der Waals surface area contributed by atoms with E-state index >= 15 is 0 Å². The van der Waals surface area contributed by atoms with Crippen molar-refractivity contribution in [2.24, 2.45) is 0 Å². The molecule has 0 amide bonds. The Hall–Kier alpha value is -1.36. The quantitative estimate of drug-likeness (QED) is 0.880. The molecule has 2 aliphatic heterocycles. The maximum atomic E-state index is 12.9. The van der Waals surface area contributed by atoms with Gasteiger partial charge in [-0.25, -0.2) is 8.78 Å². The van der Waals surface area contributed by atoms with Gasteiger partial charge in [0.05, 0.1) is 0 Å². The Bertz CT molecular complexity index is 445. The molecule has 1 N–H and O–H groups in total. The van der Waals surface area contributed by atoms with Crippen molar-refractivity contribution in [2.45, 2.75) is 18.8 Å². The van der Waals surface area contributed by atoms with Crippen LogP contribution in [0.3, 0.4) is 0 Å². The van der Waals surface area contributed by atoms with Gasteiger partial charge in [-0.1, -0.05) is 0 Å². The van der Waals surface area contributed by atoms with Crippen molar-refractivity contribution in [3.8, 4) is 11.5 Å². The predicted molar refractivity (Wildman–Crippen MR) is 62.6 cm³/mol. The first kappa shape index (κ1) is 11.7. The second kappa shape index (κ2) is 4.72. The van der Waals surface area contributed by atoms with E-state index in [1.165, 1.54) is 6.07 Å². The Morgan fingerprint density at radius 3 is 2.78 bits per heavy atom. The molecule has 2 heterocycles. The standard InChI is InChI=1S/C13H15F2NO2/c14-13(15)9-5-10(8-1-2-16-7-8)12-11(6-9)17-3-4-18-12/h5-6,8,13,16H,1-4,7H2. The minimum Gasteiger partial charge on any atom is -0.486 e. The molecule has 0 saturated carbocycles. The van der Waals surface area contributed by atoms with Crippen LogP contribution in [0.2, 0.25) is 0 Å². The number of benzene rings is 1. The lowest BCUT2D eigenvalue weighted by atomic mass is 9.94. The fraction of sp³-hybridized carbons (Fsp3) is 0.538. The van der Waals surface area contributed by atoms with Gasteiger partial charge in [0.25, 0.3) is 6.43 Å². The number of nitrogens with one attached hydrogen (secondary N) is 1. The van der Waals surface area contributed by atoms with Gasteiger partial charge in [-0.15, -0.1) is 0 Å². The largest absolute Gasteiger partial charge is 0.486 e. The maximum absolute atomic E-state index is 12.9. The lowest BCUT2D eigenvalue weighted by Gasteiger charge is -2.24. The lowest BCUT2D eigenvalue weighted by Crippen LogP contribution is -2.18. The molecule has 3 nitrogen and oxygen atoms in total. The molecule has 98 valence electrons. The molecule has 1 unspecified atom stereocenters. The van der Waals surface area contributed by atoms with Crippen LogP contribution in [0.4, 0.5) is 8.78 Å². The summed E-state index contributed by atoms with van der Waals surface area (Å²) in [7, 11) is 0. The van der Waals surface area contributed by atoms with Gasteiger partial charge in [0, 0.05) is 23.6 Å². The summed E-state index contributed by atoms with van der Waals surface area (Å²) in [6, 6.07) is 2.96. The Morgan fingerprint density at radius 1 is 1.22 bits per heavy atom. The number of fused-ring (bicyclic) bond motifs is 1. The van der Waals surface area contributed by atoms with Crippen LogP contribution < -0.4 is 14.8 Å². The third-order valence-electron chi connectivity index (χ3n) is 3.45. The fourth-order valence-corrected chi connectivity index (χ4v) is 2.55. The number of hydrogen-bond acceptors (Lipinski definition) is 3. The molecule has 1 aromatic rings. The highest BCUT2D eigenvalue weighted by Gasteiger charge is 2.27. The average molecular weight is 255 g/mol. The van der Waals surface area contributed by atoms with E-state index in [-0.39, 0.29) is 11.5 Å². The van der Waals surface area contributed by atoms with E-state index in [1.807, 2.05) is 0 Å². The highest BCUT2D eigenvalue weighted by molar-refractivity contribution is 5.52. The molecule has 1 aromatic carbocycles. The Kier molecular flexibility index (Phi) is 3.07. The van der Waals surface area contributed by atoms with E-state index in [9.17, 15) is 8.78 Å². The van der Waals surface area contributed by atoms with E-state index in [2.05, 4.69) is 5.32 Å². The summed E-state index contributed by atoms with van der Waals surface area (Å²) < 4.78 is 36.8. The molecule has 0 aliphatic carbocycles. The van der Waals surface area contributed by atoms with Crippen LogP contribution >= 0.6 is 0 Å². The summed E-state index contributed by atoms with van der Waals surface area (Å²) >= 11 is 0. The molecule has 0 spiro atoms. The molecule has 0 bridgehead atoms. The number of alkyl halides is 2. The minimum atomic E-state index is -2.48. The van der Waals surface area contributed by atoms with Crippen LogP contribution in [0.5, 0.6) is 11.5 Å². The first-order valence-corrected chi connectivity index (χ1v) is 6.18. The summed E-state index contributed by atoms with van der Waals surface area (Å²) in [5.74, 6) is 1.35. The number of ether oxygens (including phenoxy) is 2. The number of rotatable bonds is 2. The van der Waals surface area contributed by atoms with Gasteiger partial charge < -0.3 is 14.8 Å². The summed E-state index contributed by atoms with van der Waals surface area (Å²) in [6.45, 7) is 2.62. The van der Waals surface area contributed by atoms with Gasteiger partial charge in [-0.3, -0.25) is 0 Å². The van der Waals surface area contributed by atoms with Gasteiger partial charge in [0.1, 0.15) is 13.2 Å². The van der Waals surface area contributed by atoms with Gasteiger partial charge >= 0.3 is 0 Å². The van der Waals surface area contributed by atoms with Crippen LogP contribution in [0.1, 0.15) is 29.9 Å². The summed E-state index contributed by atoms with van der Waals surface area (Å²) in [6.07, 6.45) is -1.53. The molecule has 2 aliphatic rings. The van der Waals surface area contributed by atoms with Gasteiger partial charge in [0.2, 0.25) is 0 Å². The smallest absolute Gasteiger partial charge is 0.263 e. The van der Waals surface area contributed by atoms with Crippen molar-refractivity contribution in [1.29, 1.82) is 0 Å². The van der Waals surface area contributed by atoms with Crippen molar-refractivity contribution in [3.05, 3.63) is 23.3 Å². The van der Waals surface area contributed by atoms with Crippen LogP contribution in [0, 0.1) is 0 Å². The van der Waals surface area contributed by atoms with Crippen molar-refractivity contribution in [3.63, 3.8) is 0 Å². The molecule has 1 atom stereocenters. The van der Waals surface area contributed by atoms with Crippen LogP contribution in [0.15, 0.2) is 12.1 Å². The SMILES string of the molecule is FC(F)c1cc2c(c(C3CCNC3)c1)OCCO2. The van der Waals surface area contributed by atoms with Crippen LogP contribution in [-0.4, -0.2) is 26.3 Å². The molecular weight excluding hydrogens is 240 g/mol. The summed E-state index contributed by atoms with van der Waals surface area (Å²) in [4.78, 5) is 0. The van der Waals surface area contributed by atoms with Gasteiger partial charge in [0.15, 0.2) is 11.5 Å². The zero-order chi connectivity index (χ0) is 12.5. The van der Waals surface area contributed by atoms with Crippen molar-refractivity contribution >= 4 is 0 Å². The number of hydrogen-bond donors (Lipinski definition) is 1. The Balaban J connectivity index is 2.05. The molecule has 5 heteroatoms. The first-order chi connectivity index (χ1) is 8.75. The fourth-order valence-electron chi connectivity index (χ4n) is 2.55. The topological polar surface area (TPSA) is 30.5 Å². The molecule has 3 rings (SSSR count). The molecule has 0 aromatic heterocycles. The molecule has 1 saturated heterocycles. The summed E-state index contributed by atoms with van der Waals surface area (Å²) in [5, 5.41) is 3.24. The molecule has 0 radical (unpaired) electrons. The molecule has 18 heavy (non-hydrogen) atoms. The van der Waals surface area contributed by atoms with Crippen molar-refractivity contribution < 1.29 is 18.3 Å². The zero-order valence-electron chi connectivity index (χ0n) is 9.92. The van der Waals surface area contributed by atoms with E-state index in [4.69, 9.17) is 9.47 Å². The monoisotopic (exact) mass is 255 g/mol. The third-order valence-corrected chi connectivity index (χ3v) is 3.45. The second-order valence-electron chi connectivity index (χ2n) is 4.62. The zero-order valence-corrected chi connectivity index (χ0v) is 9.92. The van der Waals surface area contributed by atoms with E-state index in [0.29, 0.717) is 24.7 Å². The van der Waals surface area contributed by atoms with Crippen LogP contribution in [-0.2, 0) is 0 Å². The van der Waals surface area contributed by atoms with Gasteiger partial charge in [-0.2, -0.15) is 0 Å². The van der Waals surface area contributed by atoms with E-state index < -0.39 is 6.43 Å². The highest BCUT2D eigenvalue weighted by Crippen LogP contribution is 2.42. The first-order valence-electron chi connectivity index (χ1n) is 6.18. The predicted octanol–water partition coefficient (Wildman–Crippen LogP) is 2.47. The minimum absolute atomic E-state index is 0.0150. The molecule has 1 fully saturated rings. The normalized spacial score (nSPS) is 22.5. The molecular formula is C13H15F2NO2. The van der Waals surface area contributed by atoms with Gasteiger partial charge in [-0.05, 0) is 25.1 Å². The lowest BCUT2D eigenvalue weighted by molar-refractivity contribution is 0.146. The van der Waals surface area contributed by atoms with Crippen molar-refractivity contribution in [1.82, 2.24) is 5.32 Å². The number of halogens is 2. The third kappa shape index (κ3) is 2.03. The highest BCUT2D eigenvalue weighted by atomic mass is 19.3. The maximum Gasteiger partial charge on any atom is 0.263 e. The second-order valence-corrected chi connectivity index (χ2v) is 4.62. The van der Waals surface area contributed by atoms with E-state index in [0.717, 1.165) is 25.1 Å². The Morgan fingerprint density at radius 2 is 2.06 bits per heavy atom. The van der Waals surface area contributed by atoms with Crippen LogP contribution in [0.25, 0.3) is 0 Å². The average Bonchev–Trinajstić information content (AvgIpc) is 2.91.